The molecular formula is C17H14ClNO. The number of nitrogens with zero attached hydrogens (tertiary/aromatic N) is 1. The van der Waals surface area contributed by atoms with Crippen molar-refractivity contribution in [2.45, 2.75) is 13.0 Å². The van der Waals surface area contributed by atoms with Crippen LogP contribution in [0.25, 0.3) is 10.9 Å². The average molecular weight is 284 g/mol. The smallest absolute Gasteiger partial charge is 0.104 e. The van der Waals surface area contributed by atoms with Gasteiger partial charge in [0.25, 0.3) is 0 Å². The molecule has 3 aromatic rings. The summed E-state index contributed by atoms with van der Waals surface area (Å²) in [6.07, 6.45) is 1.06. The van der Waals surface area contributed by atoms with Crippen LogP contribution >= 0.6 is 11.6 Å². The second kappa shape index (κ2) is 5.23. The zero-order valence-corrected chi connectivity index (χ0v) is 11.8. The number of benzene rings is 2. The lowest BCUT2D eigenvalue weighted by Gasteiger charge is -2.13. The minimum atomic E-state index is -0.696. The van der Waals surface area contributed by atoms with Crippen LogP contribution in [0, 0.1) is 6.92 Å². The summed E-state index contributed by atoms with van der Waals surface area (Å²) in [4.78, 5) is 4.32. The first-order chi connectivity index (χ1) is 9.63. The van der Waals surface area contributed by atoms with E-state index in [9.17, 15) is 5.11 Å². The monoisotopic (exact) mass is 283 g/mol. The Morgan fingerprint density at radius 3 is 2.70 bits per heavy atom. The molecule has 1 atom stereocenters. The molecule has 2 aromatic carbocycles. The Labute approximate surface area is 122 Å². The SMILES string of the molecule is Cc1cc(Cl)cc(C(O)c2ccc3cccnc3c2)c1. The first-order valence-electron chi connectivity index (χ1n) is 6.43. The third kappa shape index (κ3) is 2.53. The molecule has 0 bridgehead atoms. The normalized spacial score (nSPS) is 12.6. The molecule has 2 nitrogen and oxygen atoms in total. The molecule has 1 heterocycles. The Morgan fingerprint density at radius 2 is 1.90 bits per heavy atom. The van der Waals surface area contributed by atoms with Crippen molar-refractivity contribution in [1.82, 2.24) is 4.98 Å². The van der Waals surface area contributed by atoms with Gasteiger partial charge >= 0.3 is 0 Å². The summed E-state index contributed by atoms with van der Waals surface area (Å²) in [6, 6.07) is 15.3. The first kappa shape index (κ1) is 13.1. The van der Waals surface area contributed by atoms with Crippen molar-refractivity contribution in [3.8, 4) is 0 Å². The number of aryl methyl sites for hydroxylation is 1. The molecule has 0 aliphatic rings. The van der Waals surface area contributed by atoms with Gasteiger partial charge in [-0.1, -0.05) is 35.9 Å². The summed E-state index contributed by atoms with van der Waals surface area (Å²) in [5, 5.41) is 12.2. The molecule has 1 N–H and O–H groups in total. The molecule has 3 rings (SSSR count). The third-order valence-corrected chi connectivity index (χ3v) is 3.54. The van der Waals surface area contributed by atoms with Crippen LogP contribution in [0.15, 0.2) is 54.7 Å². The van der Waals surface area contributed by atoms with Gasteiger partial charge in [0, 0.05) is 16.6 Å². The van der Waals surface area contributed by atoms with Crippen LogP contribution in [-0.2, 0) is 0 Å². The molecule has 0 saturated carbocycles. The van der Waals surface area contributed by atoms with E-state index in [1.165, 1.54) is 0 Å². The van der Waals surface area contributed by atoms with Crippen LogP contribution in [-0.4, -0.2) is 10.1 Å². The largest absolute Gasteiger partial charge is 0.384 e. The first-order valence-corrected chi connectivity index (χ1v) is 6.81. The predicted molar refractivity (Wildman–Crippen MR) is 82.0 cm³/mol. The molecule has 0 fully saturated rings. The number of pyridine rings is 1. The molecule has 100 valence electrons. The third-order valence-electron chi connectivity index (χ3n) is 3.33. The summed E-state index contributed by atoms with van der Waals surface area (Å²) in [5.41, 5.74) is 3.52. The average Bonchev–Trinajstić information content (AvgIpc) is 2.45. The summed E-state index contributed by atoms with van der Waals surface area (Å²) in [6.45, 7) is 1.96. The highest BCUT2D eigenvalue weighted by Crippen LogP contribution is 2.27. The standard InChI is InChI=1S/C17H14ClNO/c1-11-7-14(9-15(18)8-11)17(20)13-5-4-12-3-2-6-19-16(12)10-13/h2-10,17,20H,1H3. The van der Waals surface area contributed by atoms with Crippen molar-refractivity contribution < 1.29 is 5.11 Å². The van der Waals surface area contributed by atoms with E-state index < -0.39 is 6.10 Å². The van der Waals surface area contributed by atoms with Crippen molar-refractivity contribution in [2.24, 2.45) is 0 Å². The number of hydrogen-bond acceptors (Lipinski definition) is 2. The van der Waals surface area contributed by atoms with Gasteiger partial charge in [-0.3, -0.25) is 4.98 Å². The van der Waals surface area contributed by atoms with Gasteiger partial charge in [-0.15, -0.1) is 0 Å². The van der Waals surface area contributed by atoms with Crippen molar-refractivity contribution in [2.75, 3.05) is 0 Å². The molecule has 0 aliphatic carbocycles. The fraction of sp³-hybridized carbons (Fsp3) is 0.118. The quantitative estimate of drug-likeness (QED) is 0.761. The zero-order chi connectivity index (χ0) is 14.1. The highest BCUT2D eigenvalue weighted by atomic mass is 35.5. The van der Waals surface area contributed by atoms with Crippen LogP contribution in [0.1, 0.15) is 22.8 Å². The van der Waals surface area contributed by atoms with E-state index >= 15 is 0 Å². The second-order valence-electron chi connectivity index (χ2n) is 4.92. The van der Waals surface area contributed by atoms with Crippen LogP contribution in [0.5, 0.6) is 0 Å². The van der Waals surface area contributed by atoms with E-state index in [1.807, 2.05) is 49.4 Å². The topological polar surface area (TPSA) is 33.1 Å². The molecule has 20 heavy (non-hydrogen) atoms. The lowest BCUT2D eigenvalue weighted by Crippen LogP contribution is -2.00. The number of aliphatic hydroxyl groups excluding tert-OH is 1. The maximum atomic E-state index is 10.5. The van der Waals surface area contributed by atoms with Gasteiger partial charge in [0.15, 0.2) is 0 Å². The van der Waals surface area contributed by atoms with Gasteiger partial charge in [0.1, 0.15) is 6.10 Å². The van der Waals surface area contributed by atoms with Crippen molar-refractivity contribution in [3.63, 3.8) is 0 Å². The van der Waals surface area contributed by atoms with Gasteiger partial charge in [-0.2, -0.15) is 0 Å². The maximum absolute atomic E-state index is 10.5. The lowest BCUT2D eigenvalue weighted by molar-refractivity contribution is 0.220. The molecule has 1 unspecified atom stereocenters. The molecule has 0 spiro atoms. The van der Waals surface area contributed by atoms with E-state index in [1.54, 1.807) is 12.3 Å². The van der Waals surface area contributed by atoms with E-state index in [0.29, 0.717) is 5.02 Å². The number of fused-ring (bicyclic) bond motifs is 1. The van der Waals surface area contributed by atoms with Crippen molar-refractivity contribution in [3.05, 3.63) is 76.4 Å². The molecular weight excluding hydrogens is 270 g/mol. The number of halogens is 1. The van der Waals surface area contributed by atoms with Crippen LogP contribution in [0.4, 0.5) is 0 Å². The van der Waals surface area contributed by atoms with Gasteiger partial charge in [0.2, 0.25) is 0 Å². The molecule has 0 aliphatic heterocycles. The highest BCUT2D eigenvalue weighted by molar-refractivity contribution is 6.30. The number of aliphatic hydroxyl groups is 1. The predicted octanol–water partition coefficient (Wildman–Crippen LogP) is 4.28. The fourth-order valence-electron chi connectivity index (χ4n) is 2.37. The van der Waals surface area contributed by atoms with E-state index in [4.69, 9.17) is 11.6 Å². The number of hydrogen-bond donors (Lipinski definition) is 1. The minimum absolute atomic E-state index is 0.637. The van der Waals surface area contributed by atoms with E-state index in [-0.39, 0.29) is 0 Å². The van der Waals surface area contributed by atoms with Crippen LogP contribution < -0.4 is 0 Å². The highest BCUT2D eigenvalue weighted by Gasteiger charge is 2.12. The molecule has 0 amide bonds. The molecule has 1 aromatic heterocycles. The summed E-state index contributed by atoms with van der Waals surface area (Å²) < 4.78 is 0. The Bertz CT molecular complexity index is 750. The van der Waals surface area contributed by atoms with Gasteiger partial charge in [-0.25, -0.2) is 0 Å². The van der Waals surface area contributed by atoms with Crippen molar-refractivity contribution in [1.29, 1.82) is 0 Å². The molecule has 3 heteroatoms. The summed E-state index contributed by atoms with van der Waals surface area (Å²) >= 11 is 6.05. The summed E-state index contributed by atoms with van der Waals surface area (Å²) in [7, 11) is 0. The molecule has 0 radical (unpaired) electrons. The van der Waals surface area contributed by atoms with Gasteiger partial charge < -0.3 is 5.11 Å². The van der Waals surface area contributed by atoms with Gasteiger partial charge in [0.05, 0.1) is 5.52 Å². The lowest BCUT2D eigenvalue weighted by atomic mass is 9.99. The summed E-state index contributed by atoms with van der Waals surface area (Å²) in [5.74, 6) is 0. The Morgan fingerprint density at radius 1 is 1.05 bits per heavy atom. The number of rotatable bonds is 2. The van der Waals surface area contributed by atoms with E-state index in [2.05, 4.69) is 4.98 Å². The maximum Gasteiger partial charge on any atom is 0.104 e. The fourth-order valence-corrected chi connectivity index (χ4v) is 2.67. The zero-order valence-electron chi connectivity index (χ0n) is 11.0. The second-order valence-corrected chi connectivity index (χ2v) is 5.36. The minimum Gasteiger partial charge on any atom is -0.384 e. The van der Waals surface area contributed by atoms with Crippen molar-refractivity contribution >= 4 is 22.5 Å². The Balaban J connectivity index is 2.05. The Hall–Kier alpha value is -1.90. The van der Waals surface area contributed by atoms with Crippen LogP contribution in [0.3, 0.4) is 0 Å². The van der Waals surface area contributed by atoms with Crippen LogP contribution in [0.2, 0.25) is 5.02 Å². The number of aromatic nitrogens is 1. The van der Waals surface area contributed by atoms with E-state index in [0.717, 1.165) is 27.6 Å². The molecule has 0 saturated heterocycles. The Kier molecular flexibility index (Phi) is 3.43. The van der Waals surface area contributed by atoms with Gasteiger partial charge in [-0.05, 0) is 47.9 Å².